The van der Waals surface area contributed by atoms with E-state index >= 15 is 0 Å². The van der Waals surface area contributed by atoms with Gasteiger partial charge in [0.05, 0.1) is 13.1 Å². The van der Waals surface area contributed by atoms with Gasteiger partial charge in [0.25, 0.3) is 0 Å². The van der Waals surface area contributed by atoms with E-state index in [1.165, 1.54) is 0 Å². The fourth-order valence-electron chi connectivity index (χ4n) is 4.03. The maximum absolute atomic E-state index is 6.22. The minimum absolute atomic E-state index is 0.641. The summed E-state index contributed by atoms with van der Waals surface area (Å²) in [7, 11) is 0. The monoisotopic (exact) mass is 450 g/mol. The topological polar surface area (TPSA) is 61.6 Å². The zero-order valence-electron chi connectivity index (χ0n) is 18.4. The lowest BCUT2D eigenvalue weighted by atomic mass is 10.1. The Morgan fingerprint density at radius 3 is 1.35 bits per heavy atom. The summed E-state index contributed by atoms with van der Waals surface area (Å²) in [6, 6.07) is 27.5. The van der Waals surface area contributed by atoms with Gasteiger partial charge in [-0.05, 0) is 60.7 Å². The Labute approximate surface area is 197 Å². The molecule has 4 aromatic rings. The van der Waals surface area contributed by atoms with Gasteiger partial charge in [-0.1, -0.05) is 24.3 Å². The quantitative estimate of drug-likeness (QED) is 0.363. The van der Waals surface area contributed by atoms with Gasteiger partial charge in [0, 0.05) is 21.9 Å². The summed E-state index contributed by atoms with van der Waals surface area (Å²) in [5.41, 5.74) is 1.91. The molecule has 0 unspecified atom stereocenters. The van der Waals surface area contributed by atoms with E-state index in [1.807, 2.05) is 84.9 Å². The van der Waals surface area contributed by atoms with Crippen molar-refractivity contribution >= 4 is 22.6 Å². The highest BCUT2D eigenvalue weighted by Gasteiger charge is 2.13. The highest BCUT2D eigenvalue weighted by molar-refractivity contribution is 5.96. The molecule has 4 aromatic carbocycles. The normalized spacial score (nSPS) is 14.8. The third kappa shape index (κ3) is 4.06. The van der Waals surface area contributed by atoms with Crippen molar-refractivity contribution in [2.45, 2.75) is 0 Å². The lowest BCUT2D eigenvalue weighted by Crippen LogP contribution is -2.00. The maximum atomic E-state index is 6.22. The molecule has 0 aromatic heterocycles. The molecule has 0 bridgehead atoms. The van der Waals surface area contributed by atoms with Crippen LogP contribution in [0.15, 0.2) is 94.9 Å². The van der Waals surface area contributed by atoms with Crippen molar-refractivity contribution in [1.82, 2.24) is 0 Å². The lowest BCUT2D eigenvalue weighted by molar-refractivity contribution is 0.348. The molecule has 0 aliphatic carbocycles. The zero-order valence-corrected chi connectivity index (χ0v) is 18.4. The molecule has 0 fully saturated rings. The third-order valence-corrected chi connectivity index (χ3v) is 5.67. The minimum atomic E-state index is 0.641. The van der Waals surface area contributed by atoms with Crippen molar-refractivity contribution in [2.75, 3.05) is 26.3 Å². The van der Waals surface area contributed by atoms with Gasteiger partial charge in [0.1, 0.15) is 36.2 Å². The van der Waals surface area contributed by atoms with E-state index in [1.54, 1.807) is 0 Å². The van der Waals surface area contributed by atoms with Crippen LogP contribution in [0.5, 0.6) is 23.0 Å². The molecule has 2 heterocycles. The average molecular weight is 450 g/mol. The van der Waals surface area contributed by atoms with Crippen molar-refractivity contribution in [3.05, 3.63) is 96.1 Å². The molecule has 0 N–H and O–H groups in total. The van der Waals surface area contributed by atoms with E-state index in [9.17, 15) is 0 Å². The Morgan fingerprint density at radius 2 is 0.971 bits per heavy atom. The molecule has 0 spiro atoms. The second-order valence-electron chi connectivity index (χ2n) is 7.93. The SMILES string of the molecule is c1cc(Oc2ccc(C3=NCCO3)cc2)c2cccc(Oc3ccc(C4=NCCO4)cc3)c2c1. The van der Waals surface area contributed by atoms with Crippen LogP contribution in [-0.2, 0) is 9.47 Å². The molecule has 2 aliphatic heterocycles. The van der Waals surface area contributed by atoms with Crippen LogP contribution >= 0.6 is 0 Å². The summed E-state index contributed by atoms with van der Waals surface area (Å²) in [5, 5.41) is 1.94. The Balaban J connectivity index is 1.24. The van der Waals surface area contributed by atoms with Gasteiger partial charge in [-0.2, -0.15) is 0 Å². The number of fused-ring (bicyclic) bond motifs is 1. The lowest BCUT2D eigenvalue weighted by Gasteiger charge is -2.13. The van der Waals surface area contributed by atoms with Gasteiger partial charge < -0.3 is 18.9 Å². The summed E-state index contributed by atoms with van der Waals surface area (Å²) in [4.78, 5) is 8.71. The average Bonchev–Trinajstić information content (AvgIpc) is 3.61. The van der Waals surface area contributed by atoms with Gasteiger partial charge in [-0.15, -0.1) is 0 Å². The summed E-state index contributed by atoms with van der Waals surface area (Å²) < 4.78 is 23.5. The Bertz CT molecular complexity index is 1280. The largest absolute Gasteiger partial charge is 0.476 e. The highest BCUT2D eigenvalue weighted by Crippen LogP contribution is 2.36. The van der Waals surface area contributed by atoms with E-state index in [4.69, 9.17) is 18.9 Å². The molecule has 2 aliphatic rings. The first-order valence-corrected chi connectivity index (χ1v) is 11.3. The first-order valence-electron chi connectivity index (χ1n) is 11.3. The summed E-state index contributed by atoms with van der Waals surface area (Å²) in [5.74, 6) is 4.39. The maximum Gasteiger partial charge on any atom is 0.216 e. The standard InChI is InChI=1S/C28H22N2O4/c1-3-23-24(25(5-1)33-21-11-7-19(8-12-21)27-29-15-17-31-27)4-2-6-26(23)34-22-13-9-20(10-14-22)28-30-16-18-32-28/h1-14H,15-18H2. The fraction of sp³-hybridized carbons (Fsp3) is 0.143. The predicted octanol–water partition coefficient (Wildman–Crippen LogP) is 5.98. The number of hydrogen-bond acceptors (Lipinski definition) is 6. The Morgan fingerprint density at radius 1 is 0.529 bits per heavy atom. The smallest absolute Gasteiger partial charge is 0.216 e. The molecular formula is C28H22N2O4. The van der Waals surface area contributed by atoms with E-state index < -0.39 is 0 Å². The highest BCUT2D eigenvalue weighted by atomic mass is 16.5. The summed E-state index contributed by atoms with van der Waals surface area (Å²) >= 11 is 0. The first kappa shape index (κ1) is 20.3. The van der Waals surface area contributed by atoms with Crippen LogP contribution in [0.2, 0.25) is 0 Å². The minimum Gasteiger partial charge on any atom is -0.476 e. The molecule has 0 saturated carbocycles. The molecule has 6 heteroatoms. The Hall–Kier alpha value is -4.32. The number of rotatable bonds is 6. The third-order valence-electron chi connectivity index (χ3n) is 5.67. The second kappa shape index (κ2) is 8.90. The number of nitrogens with zero attached hydrogens (tertiary/aromatic N) is 2. The van der Waals surface area contributed by atoms with Crippen LogP contribution in [0, 0.1) is 0 Å². The van der Waals surface area contributed by atoms with Crippen LogP contribution in [0.3, 0.4) is 0 Å². The number of benzene rings is 4. The number of ether oxygens (including phenoxy) is 4. The van der Waals surface area contributed by atoms with Crippen LogP contribution in [0.1, 0.15) is 11.1 Å². The van der Waals surface area contributed by atoms with E-state index in [0.717, 1.165) is 44.9 Å². The molecular weight excluding hydrogens is 428 g/mol. The number of hydrogen-bond donors (Lipinski definition) is 0. The summed E-state index contributed by atoms with van der Waals surface area (Å²) in [6.45, 7) is 2.70. The van der Waals surface area contributed by atoms with E-state index in [-0.39, 0.29) is 0 Å². The van der Waals surface area contributed by atoms with Crippen LogP contribution < -0.4 is 9.47 Å². The predicted molar refractivity (Wildman–Crippen MR) is 132 cm³/mol. The molecule has 0 atom stereocenters. The van der Waals surface area contributed by atoms with Crippen LogP contribution in [-0.4, -0.2) is 38.1 Å². The molecule has 6 nitrogen and oxygen atoms in total. The Kier molecular flexibility index (Phi) is 5.32. The van der Waals surface area contributed by atoms with Gasteiger partial charge in [-0.25, -0.2) is 9.98 Å². The molecule has 0 radical (unpaired) electrons. The molecule has 0 amide bonds. The molecule has 34 heavy (non-hydrogen) atoms. The van der Waals surface area contributed by atoms with Crippen LogP contribution in [0.25, 0.3) is 10.8 Å². The molecule has 168 valence electrons. The summed E-state index contributed by atoms with van der Waals surface area (Å²) in [6.07, 6.45) is 0. The molecule has 0 saturated heterocycles. The fourth-order valence-corrected chi connectivity index (χ4v) is 4.03. The van der Waals surface area contributed by atoms with Crippen molar-refractivity contribution in [1.29, 1.82) is 0 Å². The van der Waals surface area contributed by atoms with Crippen molar-refractivity contribution in [2.24, 2.45) is 9.98 Å². The second-order valence-corrected chi connectivity index (χ2v) is 7.93. The van der Waals surface area contributed by atoms with Crippen molar-refractivity contribution < 1.29 is 18.9 Å². The first-order chi connectivity index (χ1) is 16.8. The zero-order chi connectivity index (χ0) is 22.7. The number of aliphatic imine (C=N–C) groups is 2. The van der Waals surface area contributed by atoms with Crippen molar-refractivity contribution in [3.8, 4) is 23.0 Å². The van der Waals surface area contributed by atoms with Gasteiger partial charge in [0.2, 0.25) is 11.8 Å². The molecule has 6 rings (SSSR count). The van der Waals surface area contributed by atoms with Gasteiger partial charge >= 0.3 is 0 Å². The van der Waals surface area contributed by atoms with Gasteiger partial charge in [0.15, 0.2) is 0 Å². The van der Waals surface area contributed by atoms with E-state index in [0.29, 0.717) is 38.1 Å². The van der Waals surface area contributed by atoms with Crippen molar-refractivity contribution in [3.63, 3.8) is 0 Å². The van der Waals surface area contributed by atoms with Crippen LogP contribution in [0.4, 0.5) is 0 Å². The van der Waals surface area contributed by atoms with E-state index in [2.05, 4.69) is 9.98 Å². The van der Waals surface area contributed by atoms with Gasteiger partial charge in [-0.3, -0.25) is 0 Å².